The van der Waals surface area contributed by atoms with Crippen LogP contribution in [0.1, 0.15) is 5.56 Å². The second-order valence-corrected chi connectivity index (χ2v) is 4.15. The predicted octanol–water partition coefficient (Wildman–Crippen LogP) is 1.52. The van der Waals surface area contributed by atoms with Gasteiger partial charge in [0, 0.05) is 16.7 Å². The third-order valence-corrected chi connectivity index (χ3v) is 2.25. The fourth-order valence-corrected chi connectivity index (χ4v) is 1.75. The molecule has 78 valence electrons. The van der Waals surface area contributed by atoms with E-state index in [0.29, 0.717) is 6.54 Å². The molecule has 0 bridgehead atoms. The molecule has 0 aromatic heterocycles. The number of rotatable bonds is 4. The van der Waals surface area contributed by atoms with Crippen LogP contribution < -0.4 is 5.32 Å². The third kappa shape index (κ3) is 3.65. The smallest absolute Gasteiger partial charge is 0.0942 e. The van der Waals surface area contributed by atoms with Crippen molar-refractivity contribution < 1.29 is 10.2 Å². The van der Waals surface area contributed by atoms with Gasteiger partial charge in [-0.25, -0.2) is 0 Å². The molecule has 0 radical (unpaired) electrons. The number of halogens is 1. The van der Waals surface area contributed by atoms with Crippen molar-refractivity contribution in [2.45, 2.75) is 13.0 Å². The average molecular weight is 260 g/mol. The Labute approximate surface area is 91.9 Å². The summed E-state index contributed by atoms with van der Waals surface area (Å²) in [7, 11) is 0. The summed E-state index contributed by atoms with van der Waals surface area (Å²) < 4.78 is 0.999. The van der Waals surface area contributed by atoms with Gasteiger partial charge in [0.1, 0.15) is 0 Å². The zero-order valence-electron chi connectivity index (χ0n) is 8.00. The van der Waals surface area contributed by atoms with E-state index in [2.05, 4.69) is 21.2 Å². The summed E-state index contributed by atoms with van der Waals surface area (Å²) in [5, 5.41) is 20.8. The van der Waals surface area contributed by atoms with Crippen molar-refractivity contribution in [2.24, 2.45) is 0 Å². The summed E-state index contributed by atoms with van der Waals surface area (Å²) in [6.45, 7) is 2.13. The molecule has 0 amide bonds. The minimum Gasteiger partial charge on any atom is -0.394 e. The lowest BCUT2D eigenvalue weighted by molar-refractivity contribution is 0.105. The lowest BCUT2D eigenvalue weighted by atomic mass is 10.2. The number of benzene rings is 1. The summed E-state index contributed by atoms with van der Waals surface area (Å²) in [6, 6.07) is 5.92. The maximum absolute atomic E-state index is 9.13. The Kier molecular flexibility index (Phi) is 4.38. The van der Waals surface area contributed by atoms with Crippen molar-refractivity contribution in [1.29, 1.82) is 0 Å². The van der Waals surface area contributed by atoms with Gasteiger partial charge in [-0.3, -0.25) is 0 Å². The van der Waals surface area contributed by atoms with Crippen LogP contribution in [0, 0.1) is 6.92 Å². The van der Waals surface area contributed by atoms with Gasteiger partial charge >= 0.3 is 0 Å². The van der Waals surface area contributed by atoms with Crippen LogP contribution in [-0.4, -0.2) is 29.5 Å². The van der Waals surface area contributed by atoms with Crippen LogP contribution in [0.4, 0.5) is 5.69 Å². The standard InChI is InChI=1S/C10H14BrNO2/c1-7-2-8(11)4-9(3-7)12-5-10(14)6-13/h2-4,10,12-14H,5-6H2,1H3/t10-/m0/s1. The lowest BCUT2D eigenvalue weighted by Crippen LogP contribution is -2.22. The minimum absolute atomic E-state index is 0.222. The van der Waals surface area contributed by atoms with Gasteiger partial charge in [0.2, 0.25) is 0 Å². The monoisotopic (exact) mass is 259 g/mol. The molecule has 3 nitrogen and oxygen atoms in total. The minimum atomic E-state index is -0.714. The highest BCUT2D eigenvalue weighted by atomic mass is 79.9. The summed E-state index contributed by atoms with van der Waals surface area (Å²) in [6.07, 6.45) is -0.714. The Hall–Kier alpha value is -0.580. The number of aliphatic hydroxyl groups excluding tert-OH is 2. The Morgan fingerprint density at radius 1 is 1.43 bits per heavy atom. The molecule has 4 heteroatoms. The van der Waals surface area contributed by atoms with Crippen molar-refractivity contribution in [3.05, 3.63) is 28.2 Å². The Balaban J connectivity index is 2.58. The van der Waals surface area contributed by atoms with Crippen LogP contribution in [-0.2, 0) is 0 Å². The van der Waals surface area contributed by atoms with E-state index in [0.717, 1.165) is 15.7 Å². The van der Waals surface area contributed by atoms with E-state index in [4.69, 9.17) is 10.2 Å². The van der Waals surface area contributed by atoms with Crippen LogP contribution in [0.3, 0.4) is 0 Å². The Morgan fingerprint density at radius 3 is 2.71 bits per heavy atom. The summed E-state index contributed by atoms with van der Waals surface area (Å²) in [5.41, 5.74) is 2.07. The van der Waals surface area contributed by atoms with E-state index in [-0.39, 0.29) is 6.61 Å². The molecular formula is C10H14BrNO2. The largest absolute Gasteiger partial charge is 0.394 e. The maximum Gasteiger partial charge on any atom is 0.0942 e. The number of anilines is 1. The molecule has 1 aromatic carbocycles. The first kappa shape index (κ1) is 11.5. The highest BCUT2D eigenvalue weighted by molar-refractivity contribution is 9.10. The Bertz CT molecular complexity index is 284. The fraction of sp³-hybridized carbons (Fsp3) is 0.400. The molecule has 3 N–H and O–H groups in total. The lowest BCUT2D eigenvalue weighted by Gasteiger charge is -2.11. The summed E-state index contributed by atoms with van der Waals surface area (Å²) in [5.74, 6) is 0. The first-order chi connectivity index (χ1) is 6.61. The predicted molar refractivity (Wildman–Crippen MR) is 60.5 cm³/mol. The van der Waals surface area contributed by atoms with Crippen LogP contribution >= 0.6 is 15.9 Å². The number of aryl methyl sites for hydroxylation is 1. The summed E-state index contributed by atoms with van der Waals surface area (Å²) >= 11 is 3.39. The first-order valence-electron chi connectivity index (χ1n) is 4.42. The van der Waals surface area contributed by atoms with Gasteiger partial charge in [-0.15, -0.1) is 0 Å². The molecule has 1 rings (SSSR count). The maximum atomic E-state index is 9.13. The van der Waals surface area contributed by atoms with Gasteiger partial charge in [-0.1, -0.05) is 15.9 Å². The Morgan fingerprint density at radius 2 is 2.14 bits per heavy atom. The molecule has 0 heterocycles. The van der Waals surface area contributed by atoms with Crippen molar-refractivity contribution in [1.82, 2.24) is 0 Å². The van der Waals surface area contributed by atoms with Crippen molar-refractivity contribution >= 4 is 21.6 Å². The molecule has 14 heavy (non-hydrogen) atoms. The topological polar surface area (TPSA) is 52.5 Å². The van der Waals surface area contributed by atoms with E-state index in [1.807, 2.05) is 25.1 Å². The number of aliphatic hydroxyl groups is 2. The molecular weight excluding hydrogens is 246 g/mol. The number of hydrogen-bond acceptors (Lipinski definition) is 3. The van der Waals surface area contributed by atoms with E-state index in [9.17, 15) is 0 Å². The van der Waals surface area contributed by atoms with Gasteiger partial charge in [-0.2, -0.15) is 0 Å². The van der Waals surface area contributed by atoms with Gasteiger partial charge in [0.15, 0.2) is 0 Å². The van der Waals surface area contributed by atoms with Crippen molar-refractivity contribution in [3.63, 3.8) is 0 Å². The number of nitrogens with one attached hydrogen (secondary N) is 1. The third-order valence-electron chi connectivity index (χ3n) is 1.79. The van der Waals surface area contributed by atoms with Gasteiger partial charge in [0.25, 0.3) is 0 Å². The molecule has 1 atom stereocenters. The average Bonchev–Trinajstić information content (AvgIpc) is 2.12. The normalized spacial score (nSPS) is 12.6. The molecule has 1 aromatic rings. The highest BCUT2D eigenvalue weighted by Gasteiger charge is 2.01. The van der Waals surface area contributed by atoms with Crippen LogP contribution in [0.25, 0.3) is 0 Å². The quantitative estimate of drug-likeness (QED) is 0.769. The van der Waals surface area contributed by atoms with Gasteiger partial charge < -0.3 is 15.5 Å². The van der Waals surface area contributed by atoms with Gasteiger partial charge in [-0.05, 0) is 30.7 Å². The molecule has 0 saturated heterocycles. The van der Waals surface area contributed by atoms with Crippen LogP contribution in [0.2, 0.25) is 0 Å². The summed E-state index contributed by atoms with van der Waals surface area (Å²) in [4.78, 5) is 0. The van der Waals surface area contributed by atoms with E-state index in [1.165, 1.54) is 0 Å². The SMILES string of the molecule is Cc1cc(Br)cc(NC[C@H](O)CO)c1. The highest BCUT2D eigenvalue weighted by Crippen LogP contribution is 2.18. The van der Waals surface area contributed by atoms with Gasteiger partial charge in [0.05, 0.1) is 12.7 Å². The van der Waals surface area contributed by atoms with Crippen LogP contribution in [0.5, 0.6) is 0 Å². The molecule has 0 aliphatic carbocycles. The van der Waals surface area contributed by atoms with E-state index in [1.54, 1.807) is 0 Å². The fourth-order valence-electron chi connectivity index (χ4n) is 1.14. The molecule has 0 saturated carbocycles. The number of hydrogen-bond donors (Lipinski definition) is 3. The molecule has 0 spiro atoms. The van der Waals surface area contributed by atoms with Crippen molar-refractivity contribution in [3.8, 4) is 0 Å². The van der Waals surface area contributed by atoms with E-state index >= 15 is 0 Å². The molecule has 0 fully saturated rings. The van der Waals surface area contributed by atoms with E-state index < -0.39 is 6.10 Å². The first-order valence-corrected chi connectivity index (χ1v) is 5.21. The second-order valence-electron chi connectivity index (χ2n) is 3.23. The molecule has 0 aliphatic rings. The second kappa shape index (κ2) is 5.34. The zero-order chi connectivity index (χ0) is 10.6. The molecule has 0 unspecified atom stereocenters. The molecule has 0 aliphatic heterocycles. The van der Waals surface area contributed by atoms with Crippen molar-refractivity contribution in [2.75, 3.05) is 18.5 Å². The zero-order valence-corrected chi connectivity index (χ0v) is 9.58. The van der Waals surface area contributed by atoms with Crippen LogP contribution in [0.15, 0.2) is 22.7 Å².